The van der Waals surface area contributed by atoms with Crippen LogP contribution < -0.4 is 5.32 Å². The van der Waals surface area contributed by atoms with Crippen LogP contribution in [0.1, 0.15) is 58.3 Å². The Bertz CT molecular complexity index is 508. The molecule has 0 aromatic carbocycles. The van der Waals surface area contributed by atoms with Crippen LogP contribution in [0.5, 0.6) is 0 Å². The van der Waals surface area contributed by atoms with Crippen LogP contribution in [-0.2, 0) is 4.79 Å². The van der Waals surface area contributed by atoms with Crippen LogP contribution in [0.3, 0.4) is 0 Å². The molecule has 0 heterocycles. The van der Waals surface area contributed by atoms with E-state index in [1.54, 1.807) is 6.92 Å². The fraction of sp³-hybridized carbons (Fsp3) is 0.765. The van der Waals surface area contributed by atoms with Gasteiger partial charge in [0.25, 0.3) is 0 Å². The zero-order chi connectivity index (χ0) is 16.8. The van der Waals surface area contributed by atoms with Gasteiger partial charge in [0.05, 0.1) is 6.07 Å². The summed E-state index contributed by atoms with van der Waals surface area (Å²) in [6, 6.07) is 2.16. The van der Waals surface area contributed by atoms with Crippen LogP contribution in [0.25, 0.3) is 0 Å². The van der Waals surface area contributed by atoms with Crippen molar-refractivity contribution in [1.29, 1.82) is 5.26 Å². The van der Waals surface area contributed by atoms with E-state index in [1.165, 1.54) is 0 Å². The lowest BCUT2D eigenvalue weighted by Gasteiger charge is -2.28. The van der Waals surface area contributed by atoms with Gasteiger partial charge >= 0.3 is 0 Å². The van der Waals surface area contributed by atoms with Crippen molar-refractivity contribution in [1.82, 2.24) is 5.32 Å². The molecule has 0 radical (unpaired) electrons. The number of carbonyl (C=O) groups is 1. The average molecular weight is 319 g/mol. The van der Waals surface area contributed by atoms with Gasteiger partial charge in [0.2, 0.25) is 11.9 Å². The molecule has 2 aliphatic rings. The first kappa shape index (κ1) is 17.5. The number of hydrogen-bond acceptors (Lipinski definition) is 4. The normalized spacial score (nSPS) is 31.9. The molecular weight excluding hydrogens is 294 g/mol. The van der Waals surface area contributed by atoms with E-state index in [2.05, 4.69) is 17.5 Å². The standard InChI is InChI=1S/C17H25N3O3/c1-12(21)19-16-6-2-13(3-7-16)10-15(11-18)14-4-8-17(9-5-14)20(22)23/h10,13-14,16-17H,2-9H2,1H3,(H,19,21)/b15-10+. The van der Waals surface area contributed by atoms with Gasteiger partial charge in [-0.3, -0.25) is 14.9 Å². The molecule has 0 aliphatic heterocycles. The quantitative estimate of drug-likeness (QED) is 0.489. The minimum Gasteiger partial charge on any atom is -0.354 e. The molecule has 2 saturated carbocycles. The molecule has 1 N–H and O–H groups in total. The summed E-state index contributed by atoms with van der Waals surface area (Å²) in [4.78, 5) is 21.7. The first-order valence-electron chi connectivity index (χ1n) is 8.52. The Kier molecular flexibility index (Phi) is 6.14. The van der Waals surface area contributed by atoms with Crippen LogP contribution in [0, 0.1) is 33.3 Å². The predicted molar refractivity (Wildman–Crippen MR) is 86.0 cm³/mol. The largest absolute Gasteiger partial charge is 0.354 e. The maximum absolute atomic E-state index is 11.1. The second-order valence-corrected chi connectivity index (χ2v) is 6.84. The Morgan fingerprint density at radius 1 is 1.17 bits per heavy atom. The number of allylic oxidation sites excluding steroid dienone is 2. The highest BCUT2D eigenvalue weighted by molar-refractivity contribution is 5.73. The molecule has 0 unspecified atom stereocenters. The number of nitrogens with zero attached hydrogens (tertiary/aromatic N) is 2. The van der Waals surface area contributed by atoms with Gasteiger partial charge in [-0.1, -0.05) is 6.08 Å². The first-order chi connectivity index (χ1) is 11.0. The van der Waals surface area contributed by atoms with Crippen LogP contribution in [0.15, 0.2) is 11.6 Å². The Balaban J connectivity index is 1.87. The molecule has 2 rings (SSSR count). The number of nitriles is 1. The van der Waals surface area contributed by atoms with Crippen LogP contribution in [0.2, 0.25) is 0 Å². The number of nitrogens with one attached hydrogen (secondary N) is 1. The molecule has 2 aliphatic carbocycles. The van der Waals surface area contributed by atoms with Crippen molar-refractivity contribution in [2.75, 3.05) is 0 Å². The lowest BCUT2D eigenvalue weighted by molar-refractivity contribution is -0.526. The monoisotopic (exact) mass is 319 g/mol. The maximum Gasteiger partial charge on any atom is 0.217 e. The molecule has 0 bridgehead atoms. The van der Waals surface area contributed by atoms with E-state index >= 15 is 0 Å². The molecule has 0 atom stereocenters. The third-order valence-corrected chi connectivity index (χ3v) is 5.16. The SMILES string of the molecule is CC(=O)NC1CCC(/C=C(\C#N)C2CCC([N+](=O)[O-])CC2)CC1. The lowest BCUT2D eigenvalue weighted by Crippen LogP contribution is -2.36. The predicted octanol–water partition coefficient (Wildman–Crippen LogP) is 2.97. The van der Waals surface area contributed by atoms with Gasteiger partial charge in [0, 0.05) is 36.3 Å². The van der Waals surface area contributed by atoms with E-state index in [-0.39, 0.29) is 22.8 Å². The zero-order valence-electron chi connectivity index (χ0n) is 13.7. The van der Waals surface area contributed by atoms with E-state index in [4.69, 9.17) is 0 Å². The minimum absolute atomic E-state index is 0.0178. The van der Waals surface area contributed by atoms with Crippen molar-refractivity contribution in [2.45, 2.75) is 70.4 Å². The molecule has 6 heteroatoms. The molecule has 126 valence electrons. The van der Waals surface area contributed by atoms with E-state index < -0.39 is 6.04 Å². The average Bonchev–Trinajstić information content (AvgIpc) is 2.53. The van der Waals surface area contributed by atoms with Crippen molar-refractivity contribution < 1.29 is 9.72 Å². The summed E-state index contributed by atoms with van der Waals surface area (Å²) in [5.41, 5.74) is 0.815. The lowest BCUT2D eigenvalue weighted by atomic mass is 9.79. The zero-order valence-corrected chi connectivity index (χ0v) is 13.7. The summed E-state index contributed by atoms with van der Waals surface area (Å²) in [6.45, 7) is 1.54. The van der Waals surface area contributed by atoms with Gasteiger partial charge < -0.3 is 5.32 Å². The topological polar surface area (TPSA) is 96.0 Å². The van der Waals surface area contributed by atoms with Crippen LogP contribution in [0.4, 0.5) is 0 Å². The summed E-state index contributed by atoms with van der Waals surface area (Å²) in [6.07, 6.45) is 8.61. The Morgan fingerprint density at radius 2 is 1.78 bits per heavy atom. The van der Waals surface area contributed by atoms with Crippen LogP contribution in [-0.4, -0.2) is 22.9 Å². The fourth-order valence-electron chi connectivity index (χ4n) is 3.83. The molecule has 6 nitrogen and oxygen atoms in total. The second kappa shape index (κ2) is 8.09. The third kappa shape index (κ3) is 5.05. The van der Waals surface area contributed by atoms with Crippen molar-refractivity contribution in [3.63, 3.8) is 0 Å². The summed E-state index contributed by atoms with van der Waals surface area (Å²) in [5, 5.41) is 23.2. The van der Waals surface area contributed by atoms with Crippen molar-refractivity contribution in [3.8, 4) is 6.07 Å². The fourth-order valence-corrected chi connectivity index (χ4v) is 3.83. The van der Waals surface area contributed by atoms with Crippen molar-refractivity contribution >= 4 is 5.91 Å². The van der Waals surface area contributed by atoms with E-state index in [0.29, 0.717) is 18.8 Å². The first-order valence-corrected chi connectivity index (χ1v) is 8.52. The molecule has 2 fully saturated rings. The Morgan fingerprint density at radius 3 is 2.26 bits per heavy atom. The van der Waals surface area contributed by atoms with E-state index in [1.807, 2.05) is 0 Å². The van der Waals surface area contributed by atoms with Gasteiger partial charge in [0.15, 0.2) is 0 Å². The van der Waals surface area contributed by atoms with Crippen molar-refractivity contribution in [2.24, 2.45) is 11.8 Å². The minimum atomic E-state index is -0.431. The van der Waals surface area contributed by atoms with Gasteiger partial charge in [0.1, 0.15) is 0 Å². The summed E-state index contributed by atoms with van der Waals surface area (Å²) < 4.78 is 0. The van der Waals surface area contributed by atoms with Crippen molar-refractivity contribution in [3.05, 3.63) is 21.8 Å². The summed E-state index contributed by atoms with van der Waals surface area (Å²) in [7, 11) is 0. The third-order valence-electron chi connectivity index (χ3n) is 5.16. The highest BCUT2D eigenvalue weighted by atomic mass is 16.6. The highest BCUT2D eigenvalue weighted by Crippen LogP contribution is 2.33. The molecule has 23 heavy (non-hydrogen) atoms. The summed E-state index contributed by atoms with van der Waals surface area (Å²) in [5.74, 6) is 0.594. The van der Waals surface area contributed by atoms with Gasteiger partial charge in [-0.25, -0.2) is 0 Å². The van der Waals surface area contributed by atoms with Crippen LogP contribution >= 0.6 is 0 Å². The highest BCUT2D eigenvalue weighted by Gasteiger charge is 2.30. The smallest absolute Gasteiger partial charge is 0.217 e. The molecule has 0 saturated heterocycles. The number of carbonyl (C=O) groups excluding carboxylic acids is 1. The summed E-state index contributed by atoms with van der Waals surface area (Å²) >= 11 is 0. The molecule has 0 aromatic heterocycles. The van der Waals surface area contributed by atoms with E-state index in [9.17, 15) is 20.2 Å². The number of amides is 1. The van der Waals surface area contributed by atoms with Gasteiger partial charge in [-0.05, 0) is 50.4 Å². The number of nitro groups is 1. The number of hydrogen-bond donors (Lipinski definition) is 1. The van der Waals surface area contributed by atoms with Gasteiger partial charge in [-0.2, -0.15) is 5.26 Å². The molecule has 0 spiro atoms. The molecule has 1 amide bonds. The second-order valence-electron chi connectivity index (χ2n) is 6.84. The maximum atomic E-state index is 11.1. The Hall–Kier alpha value is -1.90. The van der Waals surface area contributed by atoms with E-state index in [0.717, 1.165) is 44.1 Å². The molecular formula is C17H25N3O3. The van der Waals surface area contributed by atoms with Gasteiger partial charge in [-0.15, -0.1) is 0 Å². The molecule has 0 aromatic rings. The Labute approximate surface area is 137 Å². The number of rotatable bonds is 4.